The summed E-state index contributed by atoms with van der Waals surface area (Å²) in [5.41, 5.74) is 5.04. The van der Waals surface area contributed by atoms with Gasteiger partial charge in [0.2, 0.25) is 5.13 Å². The van der Waals surface area contributed by atoms with Gasteiger partial charge < -0.3 is 9.84 Å². The normalized spacial score (nSPS) is 10.7. The third-order valence-corrected chi connectivity index (χ3v) is 4.52. The van der Waals surface area contributed by atoms with E-state index in [2.05, 4.69) is 15.5 Å². The highest BCUT2D eigenvalue weighted by Crippen LogP contribution is 2.31. The van der Waals surface area contributed by atoms with Gasteiger partial charge in [0, 0.05) is 5.56 Å². The van der Waals surface area contributed by atoms with Crippen molar-refractivity contribution in [3.05, 3.63) is 70.6 Å². The van der Waals surface area contributed by atoms with Crippen LogP contribution in [0.3, 0.4) is 0 Å². The van der Waals surface area contributed by atoms with Gasteiger partial charge in [-0.1, -0.05) is 53.8 Å². The van der Waals surface area contributed by atoms with Crippen LogP contribution >= 0.6 is 11.3 Å². The van der Waals surface area contributed by atoms with Gasteiger partial charge in [0.05, 0.1) is 24.6 Å². The van der Waals surface area contributed by atoms with Gasteiger partial charge in [-0.05, 0) is 17.7 Å². The second kappa shape index (κ2) is 8.24. The lowest BCUT2D eigenvalue weighted by molar-refractivity contribution is 0.0606. The molecule has 0 radical (unpaired) electrons. The molecule has 0 spiro atoms. The van der Waals surface area contributed by atoms with E-state index in [0.29, 0.717) is 15.7 Å². The summed E-state index contributed by atoms with van der Waals surface area (Å²) < 4.78 is 4.83. The first-order valence-electron chi connectivity index (χ1n) is 7.85. The Morgan fingerprint density at radius 2 is 1.85 bits per heavy atom. The summed E-state index contributed by atoms with van der Waals surface area (Å²) in [6.45, 7) is 0. The van der Waals surface area contributed by atoms with Crippen molar-refractivity contribution >= 4 is 34.6 Å². The van der Waals surface area contributed by atoms with Crippen LogP contribution in [-0.2, 0) is 4.74 Å². The molecule has 1 aromatic heterocycles. The van der Waals surface area contributed by atoms with E-state index in [1.807, 2.05) is 30.3 Å². The van der Waals surface area contributed by atoms with Crippen LogP contribution in [0.4, 0.5) is 5.13 Å². The van der Waals surface area contributed by atoms with Gasteiger partial charge in [0.25, 0.3) is 0 Å². The number of anilines is 1. The number of thiazole rings is 1. The quantitative estimate of drug-likeness (QED) is 0.383. The Hall–Kier alpha value is -3.52. The summed E-state index contributed by atoms with van der Waals surface area (Å²) in [7, 11) is 1.32. The second-order valence-corrected chi connectivity index (χ2v) is 6.35. The van der Waals surface area contributed by atoms with Crippen molar-refractivity contribution in [2.45, 2.75) is 0 Å². The van der Waals surface area contributed by atoms with Crippen LogP contribution in [-0.4, -0.2) is 35.4 Å². The highest BCUT2D eigenvalue weighted by atomic mass is 32.1. The lowest BCUT2D eigenvalue weighted by Gasteiger charge is -1.99. The zero-order valence-corrected chi connectivity index (χ0v) is 15.1. The van der Waals surface area contributed by atoms with E-state index in [1.54, 1.807) is 12.1 Å². The van der Waals surface area contributed by atoms with E-state index >= 15 is 0 Å². The molecule has 8 heteroatoms. The number of hydrazone groups is 1. The molecule has 3 aromatic rings. The Kier molecular flexibility index (Phi) is 5.58. The molecule has 7 nitrogen and oxygen atoms in total. The molecule has 0 saturated heterocycles. The van der Waals surface area contributed by atoms with Crippen LogP contribution in [0, 0.1) is 0 Å². The monoisotopic (exact) mass is 381 g/mol. The minimum Gasteiger partial charge on any atom is -0.478 e. The Balaban J connectivity index is 1.80. The minimum atomic E-state index is -0.983. The summed E-state index contributed by atoms with van der Waals surface area (Å²) in [5.74, 6) is -1.45. The topological polar surface area (TPSA) is 101 Å². The molecule has 0 aliphatic heterocycles. The molecule has 2 aromatic carbocycles. The summed E-state index contributed by atoms with van der Waals surface area (Å²) >= 11 is 1.14. The Bertz CT molecular complexity index is 982. The van der Waals surface area contributed by atoms with E-state index in [-0.39, 0.29) is 5.56 Å². The summed E-state index contributed by atoms with van der Waals surface area (Å²) in [5, 5.41) is 13.4. The van der Waals surface area contributed by atoms with Crippen LogP contribution in [0.2, 0.25) is 0 Å². The van der Waals surface area contributed by atoms with Crippen molar-refractivity contribution in [1.29, 1.82) is 0 Å². The first kappa shape index (κ1) is 18.3. The molecule has 136 valence electrons. The number of carboxylic acid groups (broad SMARTS) is 1. The summed E-state index contributed by atoms with van der Waals surface area (Å²) in [6, 6.07) is 15.6. The van der Waals surface area contributed by atoms with Crippen molar-refractivity contribution in [2.24, 2.45) is 5.10 Å². The molecular formula is C19H15N3O4S. The third-order valence-electron chi connectivity index (χ3n) is 3.58. The van der Waals surface area contributed by atoms with Gasteiger partial charge in [-0.25, -0.2) is 14.6 Å². The van der Waals surface area contributed by atoms with Crippen LogP contribution in [0.15, 0.2) is 59.7 Å². The van der Waals surface area contributed by atoms with Gasteiger partial charge >= 0.3 is 11.9 Å². The number of nitrogens with one attached hydrogen (secondary N) is 1. The Morgan fingerprint density at radius 3 is 2.48 bits per heavy atom. The fraction of sp³-hybridized carbons (Fsp3) is 0.0526. The molecule has 0 atom stereocenters. The first-order valence-corrected chi connectivity index (χ1v) is 8.67. The predicted molar refractivity (Wildman–Crippen MR) is 104 cm³/mol. The molecule has 1 heterocycles. The molecule has 2 N–H and O–H groups in total. The maximum atomic E-state index is 12.0. The third kappa shape index (κ3) is 4.36. The van der Waals surface area contributed by atoms with E-state index in [0.717, 1.165) is 22.5 Å². The molecule has 0 bridgehead atoms. The summed E-state index contributed by atoms with van der Waals surface area (Å²) in [4.78, 5) is 27.7. The van der Waals surface area contributed by atoms with Gasteiger partial charge in [0.1, 0.15) is 4.88 Å². The zero-order valence-electron chi connectivity index (χ0n) is 14.2. The number of benzene rings is 2. The van der Waals surface area contributed by atoms with Gasteiger partial charge in [-0.3, -0.25) is 5.43 Å². The average Bonchev–Trinajstić information content (AvgIpc) is 3.12. The minimum absolute atomic E-state index is 0.204. The second-order valence-electron chi connectivity index (χ2n) is 5.35. The number of carbonyl (C=O) groups excluding carboxylic acids is 1. The van der Waals surface area contributed by atoms with Gasteiger partial charge in [-0.15, -0.1) is 0 Å². The number of aromatic nitrogens is 1. The molecule has 0 saturated carbocycles. The molecular weight excluding hydrogens is 366 g/mol. The number of carbonyl (C=O) groups is 2. The number of aromatic carboxylic acids is 1. The van der Waals surface area contributed by atoms with E-state index in [9.17, 15) is 9.59 Å². The molecule has 3 rings (SSSR count). The average molecular weight is 381 g/mol. The lowest BCUT2D eigenvalue weighted by atomic mass is 10.1. The number of hydrogen-bond acceptors (Lipinski definition) is 7. The smallest absolute Gasteiger partial charge is 0.350 e. The number of ether oxygens (including phenoxy) is 1. The highest BCUT2D eigenvalue weighted by molar-refractivity contribution is 7.17. The van der Waals surface area contributed by atoms with E-state index in [4.69, 9.17) is 9.84 Å². The fourth-order valence-electron chi connectivity index (χ4n) is 2.26. The van der Waals surface area contributed by atoms with Crippen LogP contribution in [0.5, 0.6) is 0 Å². The van der Waals surface area contributed by atoms with Crippen molar-refractivity contribution in [1.82, 2.24) is 4.98 Å². The first-order chi connectivity index (χ1) is 13.1. The molecule has 0 fully saturated rings. The largest absolute Gasteiger partial charge is 0.478 e. The summed E-state index contributed by atoms with van der Waals surface area (Å²) in [6.07, 6.45) is 1.53. The van der Waals surface area contributed by atoms with Crippen molar-refractivity contribution in [3.63, 3.8) is 0 Å². The standard InChI is InChI=1S/C19H15N3O4S/c1-26-18(25)16-15(13-5-3-2-4-6-13)21-19(27-16)22-20-11-12-7-9-14(10-8-12)17(23)24/h2-11H,1H3,(H,21,22)(H,23,24)/b20-11-. The predicted octanol–water partition coefficient (Wildman–Crippen LogP) is 3.74. The molecule has 0 aliphatic rings. The Labute approximate surface area is 159 Å². The maximum absolute atomic E-state index is 12.0. The van der Waals surface area contributed by atoms with E-state index < -0.39 is 11.9 Å². The van der Waals surface area contributed by atoms with Crippen molar-refractivity contribution in [3.8, 4) is 11.3 Å². The highest BCUT2D eigenvalue weighted by Gasteiger charge is 2.19. The Morgan fingerprint density at radius 1 is 1.15 bits per heavy atom. The lowest BCUT2D eigenvalue weighted by Crippen LogP contribution is -2.00. The number of rotatable bonds is 6. The number of esters is 1. The molecule has 0 unspecified atom stereocenters. The fourth-order valence-corrected chi connectivity index (χ4v) is 3.12. The molecule has 27 heavy (non-hydrogen) atoms. The van der Waals surface area contributed by atoms with Crippen LogP contribution < -0.4 is 5.43 Å². The molecule has 0 aliphatic carbocycles. The van der Waals surface area contributed by atoms with Crippen LogP contribution in [0.25, 0.3) is 11.3 Å². The van der Waals surface area contributed by atoms with Crippen molar-refractivity contribution < 1.29 is 19.4 Å². The number of hydrogen-bond donors (Lipinski definition) is 2. The van der Waals surface area contributed by atoms with Crippen LogP contribution in [0.1, 0.15) is 25.6 Å². The molecule has 0 amide bonds. The number of nitrogens with zero attached hydrogens (tertiary/aromatic N) is 2. The van der Waals surface area contributed by atoms with E-state index in [1.165, 1.54) is 25.5 Å². The number of carboxylic acids is 1. The SMILES string of the molecule is COC(=O)c1sc(N/N=C\c2ccc(C(=O)O)cc2)nc1-c1ccccc1. The van der Waals surface area contributed by atoms with Gasteiger partial charge in [-0.2, -0.15) is 5.10 Å². The maximum Gasteiger partial charge on any atom is 0.350 e. The number of methoxy groups -OCH3 is 1. The zero-order chi connectivity index (χ0) is 19.2. The van der Waals surface area contributed by atoms with Gasteiger partial charge in [0.15, 0.2) is 0 Å². The van der Waals surface area contributed by atoms with Crippen molar-refractivity contribution in [2.75, 3.05) is 12.5 Å².